The van der Waals surface area contributed by atoms with Crippen LogP contribution in [0.1, 0.15) is 18.5 Å². The summed E-state index contributed by atoms with van der Waals surface area (Å²) in [4.78, 5) is 4.32. The van der Waals surface area contributed by atoms with Crippen molar-refractivity contribution in [2.24, 2.45) is 0 Å². The zero-order valence-corrected chi connectivity index (χ0v) is 12.4. The molecule has 5 heteroatoms. The molecule has 0 saturated carbocycles. The number of hydrogen-bond acceptors (Lipinski definition) is 4. The van der Waals surface area contributed by atoms with Crippen molar-refractivity contribution in [2.75, 3.05) is 22.6 Å². The van der Waals surface area contributed by atoms with Gasteiger partial charge in [0.2, 0.25) is 0 Å². The Morgan fingerprint density at radius 3 is 2.80 bits per heavy atom. The average Bonchev–Trinajstić information content (AvgIpc) is 2.44. The highest BCUT2D eigenvalue weighted by molar-refractivity contribution is 7.85. The van der Waals surface area contributed by atoms with E-state index < -0.39 is 10.8 Å². The Kier molecular flexibility index (Phi) is 3.61. The molecule has 1 aromatic heterocycles. The molecule has 0 atom stereocenters. The monoisotopic (exact) mass is 289 g/mol. The number of nitrogens with one attached hydrogen (secondary N) is 1. The summed E-state index contributed by atoms with van der Waals surface area (Å²) >= 11 is 0. The third-order valence-corrected chi connectivity index (χ3v) is 5.20. The summed E-state index contributed by atoms with van der Waals surface area (Å²) in [5.74, 6) is 1.59. The van der Waals surface area contributed by atoms with Crippen molar-refractivity contribution in [1.29, 1.82) is 0 Å². The number of anilines is 2. The minimum absolute atomic E-state index is 0.396. The molecule has 106 valence electrons. The summed E-state index contributed by atoms with van der Waals surface area (Å²) in [6.45, 7) is 1.98. The molecular formula is C15H19N3OS. The van der Waals surface area contributed by atoms with Crippen LogP contribution in [0.2, 0.25) is 0 Å². The number of nitrogen functional groups attached to an aromatic ring is 1. The van der Waals surface area contributed by atoms with Gasteiger partial charge in [0.25, 0.3) is 0 Å². The fourth-order valence-electron chi connectivity index (χ4n) is 2.65. The summed E-state index contributed by atoms with van der Waals surface area (Å²) in [6.07, 6.45) is 3.76. The van der Waals surface area contributed by atoms with Crippen LogP contribution < -0.4 is 11.1 Å². The second-order valence-electron chi connectivity index (χ2n) is 5.34. The number of nitrogens with zero attached hydrogens (tertiary/aromatic N) is 1. The van der Waals surface area contributed by atoms with Crippen LogP contribution in [-0.2, 0) is 10.8 Å². The Balaban J connectivity index is 1.93. The smallest absolute Gasteiger partial charge is 0.0424 e. The van der Waals surface area contributed by atoms with Crippen molar-refractivity contribution in [3.8, 4) is 0 Å². The van der Waals surface area contributed by atoms with Crippen molar-refractivity contribution >= 4 is 32.9 Å². The molecule has 0 spiro atoms. The minimum Gasteiger partial charge on any atom is -0.398 e. The van der Waals surface area contributed by atoms with E-state index in [1.54, 1.807) is 0 Å². The number of hydrogen-bond donors (Lipinski definition) is 2. The number of nitrogens with two attached hydrogens (primary N) is 1. The lowest BCUT2D eigenvalue weighted by Crippen LogP contribution is -2.29. The Bertz CT molecular complexity index is 661. The summed E-state index contributed by atoms with van der Waals surface area (Å²) < 4.78 is 11.4. The Morgan fingerprint density at radius 2 is 2.05 bits per heavy atom. The predicted octanol–water partition coefficient (Wildman–Crippen LogP) is 2.45. The molecule has 2 aromatic rings. The van der Waals surface area contributed by atoms with Crippen LogP contribution in [0, 0.1) is 6.92 Å². The summed E-state index contributed by atoms with van der Waals surface area (Å²) in [5.41, 5.74) is 8.85. The molecule has 3 N–H and O–H groups in total. The molecular weight excluding hydrogens is 270 g/mol. The lowest BCUT2D eigenvalue weighted by molar-refractivity contribution is 0.624. The number of aryl methyl sites for hydroxylation is 1. The molecule has 20 heavy (non-hydrogen) atoms. The third-order valence-electron chi connectivity index (χ3n) is 3.82. The summed E-state index contributed by atoms with van der Waals surface area (Å²) in [7, 11) is -0.623. The average molecular weight is 289 g/mol. The summed E-state index contributed by atoms with van der Waals surface area (Å²) in [6, 6.07) is 6.41. The van der Waals surface area contributed by atoms with Crippen LogP contribution in [0.5, 0.6) is 0 Å². The summed E-state index contributed by atoms with van der Waals surface area (Å²) in [5, 5.41) is 5.68. The molecule has 0 aliphatic carbocycles. The zero-order chi connectivity index (χ0) is 14.1. The normalized spacial score (nSPS) is 22.9. The van der Waals surface area contributed by atoms with E-state index in [4.69, 9.17) is 5.73 Å². The highest BCUT2D eigenvalue weighted by Gasteiger charge is 2.18. The van der Waals surface area contributed by atoms with Gasteiger partial charge in [0, 0.05) is 62.4 Å². The minimum atomic E-state index is -0.623. The van der Waals surface area contributed by atoms with Gasteiger partial charge in [0.15, 0.2) is 0 Å². The first-order valence-electron chi connectivity index (χ1n) is 6.90. The fraction of sp³-hybridized carbons (Fsp3) is 0.400. The zero-order valence-electron chi connectivity index (χ0n) is 11.6. The van der Waals surface area contributed by atoms with Crippen LogP contribution >= 0.6 is 0 Å². The second-order valence-corrected chi connectivity index (χ2v) is 7.04. The van der Waals surface area contributed by atoms with Gasteiger partial charge in [-0.2, -0.15) is 0 Å². The third kappa shape index (κ3) is 2.63. The van der Waals surface area contributed by atoms with Gasteiger partial charge < -0.3 is 11.1 Å². The molecule has 0 unspecified atom stereocenters. The van der Waals surface area contributed by atoms with E-state index in [1.807, 2.05) is 25.3 Å². The molecule has 1 aliphatic rings. The maximum Gasteiger partial charge on any atom is 0.0424 e. The maximum absolute atomic E-state index is 11.4. The van der Waals surface area contributed by atoms with Crippen molar-refractivity contribution < 1.29 is 4.21 Å². The second kappa shape index (κ2) is 5.40. The molecule has 1 fully saturated rings. The van der Waals surface area contributed by atoms with Gasteiger partial charge in [0.05, 0.1) is 0 Å². The molecule has 1 aromatic carbocycles. The van der Waals surface area contributed by atoms with Crippen LogP contribution in [0.3, 0.4) is 0 Å². The molecule has 2 heterocycles. The fourth-order valence-corrected chi connectivity index (χ4v) is 3.95. The molecule has 0 bridgehead atoms. The van der Waals surface area contributed by atoms with Crippen LogP contribution in [0.15, 0.2) is 24.4 Å². The first kappa shape index (κ1) is 13.4. The van der Waals surface area contributed by atoms with Crippen molar-refractivity contribution in [1.82, 2.24) is 4.98 Å². The first-order valence-corrected chi connectivity index (χ1v) is 8.38. The van der Waals surface area contributed by atoms with E-state index in [2.05, 4.69) is 16.4 Å². The van der Waals surface area contributed by atoms with E-state index in [0.29, 0.717) is 6.04 Å². The molecule has 1 aliphatic heterocycles. The lowest BCUT2D eigenvalue weighted by Gasteiger charge is -2.24. The quantitative estimate of drug-likeness (QED) is 0.833. The van der Waals surface area contributed by atoms with Gasteiger partial charge in [0.1, 0.15) is 0 Å². The number of fused-ring (bicyclic) bond motifs is 1. The number of rotatable bonds is 2. The van der Waals surface area contributed by atoms with Gasteiger partial charge in [-0.25, -0.2) is 0 Å². The van der Waals surface area contributed by atoms with Crippen molar-refractivity contribution in [3.05, 3.63) is 30.1 Å². The molecule has 1 saturated heterocycles. The number of aromatic nitrogens is 1. The van der Waals surface area contributed by atoms with Gasteiger partial charge in [-0.1, -0.05) is 0 Å². The largest absolute Gasteiger partial charge is 0.398 e. The molecule has 3 rings (SSSR count). The molecule has 0 radical (unpaired) electrons. The number of benzene rings is 1. The van der Waals surface area contributed by atoms with E-state index in [9.17, 15) is 4.21 Å². The van der Waals surface area contributed by atoms with Gasteiger partial charge in [-0.3, -0.25) is 9.19 Å². The van der Waals surface area contributed by atoms with Crippen molar-refractivity contribution in [3.63, 3.8) is 0 Å². The Labute approximate surface area is 121 Å². The van der Waals surface area contributed by atoms with Gasteiger partial charge >= 0.3 is 0 Å². The van der Waals surface area contributed by atoms with E-state index in [0.717, 1.165) is 52.2 Å². The van der Waals surface area contributed by atoms with Crippen LogP contribution in [-0.4, -0.2) is 26.7 Å². The van der Waals surface area contributed by atoms with Crippen LogP contribution in [0.25, 0.3) is 10.8 Å². The SMILES string of the molecule is Cc1cc2c(NC3CCS(=O)CC3)ccc(N)c2cn1. The predicted molar refractivity (Wildman–Crippen MR) is 85.4 cm³/mol. The van der Waals surface area contributed by atoms with E-state index >= 15 is 0 Å². The van der Waals surface area contributed by atoms with Crippen molar-refractivity contribution in [2.45, 2.75) is 25.8 Å². The lowest BCUT2D eigenvalue weighted by atomic mass is 10.1. The molecule has 0 amide bonds. The van der Waals surface area contributed by atoms with Gasteiger partial charge in [-0.05, 0) is 38.0 Å². The molecule has 4 nitrogen and oxygen atoms in total. The Hall–Kier alpha value is -1.62. The Morgan fingerprint density at radius 1 is 1.30 bits per heavy atom. The van der Waals surface area contributed by atoms with Gasteiger partial charge in [-0.15, -0.1) is 0 Å². The highest BCUT2D eigenvalue weighted by atomic mass is 32.2. The first-order chi connectivity index (χ1) is 9.63. The topological polar surface area (TPSA) is 68.0 Å². The van der Waals surface area contributed by atoms with E-state index in [-0.39, 0.29) is 0 Å². The van der Waals surface area contributed by atoms with Crippen LogP contribution in [0.4, 0.5) is 11.4 Å². The standard InChI is InChI=1S/C15H19N3OS/c1-10-8-12-13(9-17-10)14(16)2-3-15(12)18-11-4-6-20(19)7-5-11/h2-3,8-9,11,18H,4-7,16H2,1H3. The maximum atomic E-state index is 11.4. The highest BCUT2D eigenvalue weighted by Crippen LogP contribution is 2.29. The number of pyridine rings is 1. The van der Waals surface area contributed by atoms with E-state index in [1.165, 1.54) is 0 Å².